The van der Waals surface area contributed by atoms with Crippen molar-refractivity contribution in [2.45, 2.75) is 23.8 Å². The number of urea groups is 1. The van der Waals surface area contributed by atoms with Gasteiger partial charge < -0.3 is 10.1 Å². The third-order valence-corrected chi connectivity index (χ3v) is 5.04. The Morgan fingerprint density at radius 3 is 2.62 bits per heavy atom. The van der Waals surface area contributed by atoms with E-state index in [0.29, 0.717) is 5.02 Å². The first-order valence-electron chi connectivity index (χ1n) is 8.09. The first-order valence-corrected chi connectivity index (χ1v) is 9.45. The number of amides is 3. The number of thioether (sulfide) groups is 1. The van der Waals surface area contributed by atoms with Gasteiger partial charge in [-0.2, -0.15) is 0 Å². The number of esters is 1. The second kappa shape index (κ2) is 8.42. The van der Waals surface area contributed by atoms with Gasteiger partial charge in [0.1, 0.15) is 0 Å². The third-order valence-electron chi connectivity index (χ3n) is 3.69. The Bertz CT molecular complexity index is 849. The molecule has 0 heterocycles. The minimum atomic E-state index is -0.658. The van der Waals surface area contributed by atoms with Gasteiger partial charge in [-0.05, 0) is 30.4 Å². The molecule has 1 saturated carbocycles. The molecule has 0 aliphatic heterocycles. The topological polar surface area (TPSA) is 84.5 Å². The summed E-state index contributed by atoms with van der Waals surface area (Å²) in [5.41, 5.74) is 0. The SMILES string of the molecule is O=C(COC(=O)CSc1cccc2cccc(Cl)c12)NC(=O)NC1CC1. The van der Waals surface area contributed by atoms with E-state index in [2.05, 4.69) is 10.6 Å². The van der Waals surface area contributed by atoms with E-state index in [9.17, 15) is 14.4 Å². The van der Waals surface area contributed by atoms with Gasteiger partial charge in [0.25, 0.3) is 5.91 Å². The van der Waals surface area contributed by atoms with E-state index in [-0.39, 0.29) is 11.8 Å². The van der Waals surface area contributed by atoms with Crippen LogP contribution in [-0.4, -0.2) is 36.3 Å². The number of carbonyl (C=O) groups is 3. The molecule has 0 atom stereocenters. The van der Waals surface area contributed by atoms with Crippen molar-refractivity contribution < 1.29 is 19.1 Å². The van der Waals surface area contributed by atoms with Crippen LogP contribution in [0.1, 0.15) is 12.8 Å². The molecular formula is C18H17ClN2O4S. The summed E-state index contributed by atoms with van der Waals surface area (Å²) in [6, 6.07) is 10.9. The summed E-state index contributed by atoms with van der Waals surface area (Å²) in [5, 5.41) is 7.21. The van der Waals surface area contributed by atoms with Crippen LogP contribution in [-0.2, 0) is 14.3 Å². The van der Waals surface area contributed by atoms with Gasteiger partial charge in [-0.3, -0.25) is 14.9 Å². The van der Waals surface area contributed by atoms with Gasteiger partial charge in [0.05, 0.1) is 5.75 Å². The minimum Gasteiger partial charge on any atom is -0.455 e. The lowest BCUT2D eigenvalue weighted by Crippen LogP contribution is -2.42. The van der Waals surface area contributed by atoms with Crippen LogP contribution in [0, 0.1) is 0 Å². The number of hydrogen-bond acceptors (Lipinski definition) is 5. The second-order valence-electron chi connectivity index (χ2n) is 5.84. The Labute approximate surface area is 159 Å². The van der Waals surface area contributed by atoms with Crippen molar-refractivity contribution >= 4 is 52.0 Å². The lowest BCUT2D eigenvalue weighted by molar-refractivity contribution is -0.145. The first kappa shape index (κ1) is 18.5. The molecule has 0 bridgehead atoms. The van der Waals surface area contributed by atoms with Crippen LogP contribution in [0.5, 0.6) is 0 Å². The number of carbonyl (C=O) groups excluding carboxylic acids is 3. The summed E-state index contributed by atoms with van der Waals surface area (Å²) >= 11 is 7.53. The van der Waals surface area contributed by atoms with E-state index < -0.39 is 24.5 Å². The Balaban J connectivity index is 1.47. The molecule has 1 aliphatic rings. The number of hydrogen-bond donors (Lipinski definition) is 2. The van der Waals surface area contributed by atoms with Crippen LogP contribution in [0.4, 0.5) is 4.79 Å². The molecule has 6 nitrogen and oxygen atoms in total. The fourth-order valence-corrected chi connectivity index (χ4v) is 3.56. The minimum absolute atomic E-state index is 0.0336. The van der Waals surface area contributed by atoms with E-state index in [1.807, 2.05) is 30.3 Å². The summed E-state index contributed by atoms with van der Waals surface area (Å²) < 4.78 is 4.90. The molecule has 1 aliphatic carbocycles. The molecule has 0 spiro atoms. The van der Waals surface area contributed by atoms with Crippen LogP contribution in [0.2, 0.25) is 5.02 Å². The second-order valence-corrected chi connectivity index (χ2v) is 7.26. The van der Waals surface area contributed by atoms with Crippen molar-refractivity contribution in [3.05, 3.63) is 41.4 Å². The molecule has 0 aromatic heterocycles. The van der Waals surface area contributed by atoms with Gasteiger partial charge in [0.15, 0.2) is 6.61 Å². The molecule has 0 radical (unpaired) electrons. The number of rotatable bonds is 6. The largest absolute Gasteiger partial charge is 0.455 e. The molecular weight excluding hydrogens is 376 g/mol. The highest BCUT2D eigenvalue weighted by molar-refractivity contribution is 8.00. The summed E-state index contributed by atoms with van der Waals surface area (Å²) in [7, 11) is 0. The molecule has 26 heavy (non-hydrogen) atoms. The van der Waals surface area contributed by atoms with Crippen LogP contribution in [0.25, 0.3) is 10.8 Å². The summed E-state index contributed by atoms with van der Waals surface area (Å²) in [4.78, 5) is 35.7. The predicted molar refractivity (Wildman–Crippen MR) is 100 cm³/mol. The maximum atomic E-state index is 11.9. The highest BCUT2D eigenvalue weighted by Gasteiger charge is 2.24. The number of halogens is 1. The quantitative estimate of drug-likeness (QED) is 0.582. The molecule has 2 N–H and O–H groups in total. The highest BCUT2D eigenvalue weighted by Crippen LogP contribution is 2.33. The number of benzene rings is 2. The zero-order chi connectivity index (χ0) is 18.5. The summed E-state index contributed by atoms with van der Waals surface area (Å²) in [6.45, 7) is -0.492. The monoisotopic (exact) mass is 392 g/mol. The molecule has 136 valence electrons. The van der Waals surface area contributed by atoms with Crippen molar-refractivity contribution in [3.63, 3.8) is 0 Å². The van der Waals surface area contributed by atoms with Crippen LogP contribution >= 0.6 is 23.4 Å². The summed E-state index contributed by atoms with van der Waals surface area (Å²) in [5.74, 6) is -1.17. The van der Waals surface area contributed by atoms with E-state index in [4.69, 9.17) is 16.3 Å². The Kier molecular flexibility index (Phi) is 6.00. The van der Waals surface area contributed by atoms with Crippen molar-refractivity contribution in [3.8, 4) is 0 Å². The lowest BCUT2D eigenvalue weighted by Gasteiger charge is -2.09. The lowest BCUT2D eigenvalue weighted by atomic mass is 10.1. The normalized spacial score (nSPS) is 13.3. The van der Waals surface area contributed by atoms with E-state index >= 15 is 0 Å². The molecule has 3 rings (SSSR count). The van der Waals surface area contributed by atoms with Gasteiger partial charge in [0, 0.05) is 21.3 Å². The molecule has 2 aromatic rings. The number of fused-ring (bicyclic) bond motifs is 1. The van der Waals surface area contributed by atoms with E-state index in [1.54, 1.807) is 6.07 Å². The van der Waals surface area contributed by atoms with Gasteiger partial charge in [0.2, 0.25) is 0 Å². The molecule has 3 amide bonds. The van der Waals surface area contributed by atoms with Crippen LogP contribution in [0.15, 0.2) is 41.3 Å². The maximum absolute atomic E-state index is 11.9. The zero-order valence-corrected chi connectivity index (χ0v) is 15.4. The fourth-order valence-electron chi connectivity index (χ4n) is 2.32. The standard InChI is InChI=1S/C18H17ClN2O4S/c19-13-5-1-3-11-4-2-6-14(17(11)13)26-10-16(23)25-9-15(22)21-18(24)20-12-7-8-12/h1-6,12H,7-10H2,(H2,20,21,22,24). The Morgan fingerprint density at radius 2 is 1.88 bits per heavy atom. The average molecular weight is 393 g/mol. The number of nitrogens with one attached hydrogen (secondary N) is 2. The van der Waals surface area contributed by atoms with Crippen molar-refractivity contribution in [1.29, 1.82) is 0 Å². The zero-order valence-electron chi connectivity index (χ0n) is 13.8. The maximum Gasteiger partial charge on any atom is 0.321 e. The van der Waals surface area contributed by atoms with Crippen molar-refractivity contribution in [2.75, 3.05) is 12.4 Å². The van der Waals surface area contributed by atoms with Crippen LogP contribution in [0.3, 0.4) is 0 Å². The average Bonchev–Trinajstić information content (AvgIpc) is 3.42. The van der Waals surface area contributed by atoms with Crippen molar-refractivity contribution in [2.24, 2.45) is 0 Å². The summed E-state index contributed by atoms with van der Waals surface area (Å²) in [6.07, 6.45) is 1.85. The number of imide groups is 1. The van der Waals surface area contributed by atoms with E-state index in [0.717, 1.165) is 28.5 Å². The molecule has 1 fully saturated rings. The molecule has 0 unspecified atom stereocenters. The van der Waals surface area contributed by atoms with E-state index in [1.165, 1.54) is 11.8 Å². The molecule has 8 heteroatoms. The Hall–Kier alpha value is -2.25. The van der Waals surface area contributed by atoms with Gasteiger partial charge in [-0.15, -0.1) is 11.8 Å². The third kappa shape index (κ3) is 5.12. The number of ether oxygens (including phenoxy) is 1. The van der Waals surface area contributed by atoms with Crippen molar-refractivity contribution in [1.82, 2.24) is 10.6 Å². The van der Waals surface area contributed by atoms with Gasteiger partial charge in [-0.1, -0.05) is 35.9 Å². The van der Waals surface area contributed by atoms with Gasteiger partial charge >= 0.3 is 12.0 Å². The molecule has 0 saturated heterocycles. The van der Waals surface area contributed by atoms with Crippen LogP contribution < -0.4 is 10.6 Å². The predicted octanol–water partition coefficient (Wildman–Crippen LogP) is 3.12. The Morgan fingerprint density at radius 1 is 1.15 bits per heavy atom. The van der Waals surface area contributed by atoms with Gasteiger partial charge in [-0.25, -0.2) is 4.79 Å². The smallest absolute Gasteiger partial charge is 0.321 e. The first-order chi connectivity index (χ1) is 12.5. The molecule has 2 aromatic carbocycles. The fraction of sp³-hybridized carbons (Fsp3) is 0.278. The highest BCUT2D eigenvalue weighted by atomic mass is 35.5.